The quantitative estimate of drug-likeness (QED) is 0.454. The number of amides is 1. The molecule has 0 atom stereocenters. The van der Waals surface area contributed by atoms with E-state index in [9.17, 15) is 26.4 Å². The lowest BCUT2D eigenvalue weighted by Crippen LogP contribution is -2.49. The fraction of sp³-hybridized carbons (Fsp3) is 0.556. The number of nitrogens with zero attached hydrogens (tertiary/aromatic N) is 3. The first kappa shape index (κ1) is 29.0. The molecule has 214 valence electrons. The number of unbranched alkanes of at least 4 members (excludes halogenated alkanes) is 1. The topological polar surface area (TPSA) is 91.8 Å². The number of carbonyl (C=O) groups excluding carboxylic acids is 1. The molecular weight excluding hydrogens is 533 g/mol. The number of ether oxygens (including phenoxy) is 1. The molecule has 1 aliphatic carbocycles. The summed E-state index contributed by atoms with van der Waals surface area (Å²) in [5.74, 6) is 1.80. The van der Waals surface area contributed by atoms with Crippen LogP contribution in [-0.4, -0.2) is 68.0 Å². The van der Waals surface area contributed by atoms with Crippen LogP contribution in [0.4, 0.5) is 24.7 Å². The van der Waals surface area contributed by atoms with E-state index in [2.05, 4.69) is 22.1 Å². The van der Waals surface area contributed by atoms with Crippen molar-refractivity contribution in [3.63, 3.8) is 0 Å². The molecule has 0 unspecified atom stereocenters. The second-order valence-corrected chi connectivity index (χ2v) is 12.0. The second kappa shape index (κ2) is 12.4. The zero-order chi connectivity index (χ0) is 28.0. The number of benzene rings is 1. The molecule has 0 spiro atoms. The van der Waals surface area contributed by atoms with Gasteiger partial charge in [0.25, 0.3) is 9.84 Å². The number of nitrogens with one attached hydrogen (secondary N) is 1. The van der Waals surface area contributed by atoms with Gasteiger partial charge < -0.3 is 19.9 Å². The summed E-state index contributed by atoms with van der Waals surface area (Å²) in [6.45, 7) is 4.92. The van der Waals surface area contributed by atoms with Crippen LogP contribution >= 0.6 is 0 Å². The molecule has 1 saturated heterocycles. The van der Waals surface area contributed by atoms with Crippen LogP contribution in [0.3, 0.4) is 0 Å². The van der Waals surface area contributed by atoms with Crippen molar-refractivity contribution in [1.29, 1.82) is 0 Å². The highest BCUT2D eigenvalue weighted by atomic mass is 32.2. The number of rotatable bonds is 9. The zero-order valence-corrected chi connectivity index (χ0v) is 22.8. The summed E-state index contributed by atoms with van der Waals surface area (Å²) in [5, 5.41) is 3.28. The average Bonchev–Trinajstić information content (AvgIpc) is 2.93. The minimum atomic E-state index is -5.35. The van der Waals surface area contributed by atoms with Crippen LogP contribution in [-0.2, 0) is 14.6 Å². The van der Waals surface area contributed by atoms with E-state index in [-0.39, 0.29) is 18.1 Å². The maximum Gasteiger partial charge on any atom is 0.501 e. The smallest absolute Gasteiger partial charge is 0.490 e. The van der Waals surface area contributed by atoms with Crippen molar-refractivity contribution in [2.75, 3.05) is 36.4 Å². The number of pyridine rings is 1. The van der Waals surface area contributed by atoms with E-state index in [0.717, 1.165) is 75.3 Å². The highest BCUT2D eigenvalue weighted by molar-refractivity contribution is 7.92. The number of alkyl halides is 3. The van der Waals surface area contributed by atoms with E-state index >= 15 is 0 Å². The Morgan fingerprint density at radius 2 is 1.72 bits per heavy atom. The summed E-state index contributed by atoms with van der Waals surface area (Å²) in [7, 11) is -5.35. The van der Waals surface area contributed by atoms with Crippen LogP contribution in [0.5, 0.6) is 5.75 Å². The lowest BCUT2D eigenvalue weighted by molar-refractivity contribution is -0.131. The summed E-state index contributed by atoms with van der Waals surface area (Å²) >= 11 is 0. The molecule has 1 aliphatic heterocycles. The largest absolute Gasteiger partial charge is 0.501 e. The Balaban J connectivity index is 1.24. The van der Waals surface area contributed by atoms with Gasteiger partial charge in [-0.1, -0.05) is 13.3 Å². The van der Waals surface area contributed by atoms with Gasteiger partial charge in [-0.05, 0) is 62.4 Å². The number of aromatic nitrogens is 1. The predicted octanol–water partition coefficient (Wildman–Crippen LogP) is 5.02. The molecule has 1 N–H and O–H groups in total. The standard InChI is InChI=1S/C27H35F3N4O4S/c1-2-3-4-26(35)34-17-15-33(16-18-34)25-19-23(13-14-31-25)38-22-9-5-20(6-10-22)32-21-7-11-24(12-8-21)39(36,37)27(28,29)30/h7-8,11-14,19-20,22,32H,2-6,9-10,15-18H2,1H3. The Kier molecular flexibility index (Phi) is 9.24. The molecule has 0 radical (unpaired) electrons. The third-order valence-electron chi connectivity index (χ3n) is 7.23. The molecule has 0 bridgehead atoms. The molecule has 1 aromatic heterocycles. The van der Waals surface area contributed by atoms with Crippen molar-refractivity contribution in [3.8, 4) is 5.75 Å². The minimum Gasteiger partial charge on any atom is -0.490 e. The van der Waals surface area contributed by atoms with Crippen molar-refractivity contribution in [1.82, 2.24) is 9.88 Å². The maximum absolute atomic E-state index is 12.7. The lowest BCUT2D eigenvalue weighted by atomic mass is 9.92. The number of carbonyl (C=O) groups is 1. The highest BCUT2D eigenvalue weighted by Gasteiger charge is 2.46. The van der Waals surface area contributed by atoms with Crippen LogP contribution in [0, 0.1) is 0 Å². The molecule has 1 amide bonds. The normalized spacial score (nSPS) is 20.5. The Bertz CT molecular complexity index is 1210. The monoisotopic (exact) mass is 568 g/mol. The van der Waals surface area contributed by atoms with Gasteiger partial charge in [0, 0.05) is 56.6 Å². The molecule has 1 aromatic carbocycles. The molecule has 2 fully saturated rings. The van der Waals surface area contributed by atoms with Crippen LogP contribution in [0.15, 0.2) is 47.5 Å². The average molecular weight is 569 g/mol. The Labute approximate surface area is 227 Å². The molecule has 2 aromatic rings. The molecular formula is C27H35F3N4O4S. The summed E-state index contributed by atoms with van der Waals surface area (Å²) in [6.07, 6.45) is 7.51. The van der Waals surface area contributed by atoms with Gasteiger partial charge in [-0.3, -0.25) is 4.79 Å². The molecule has 1 saturated carbocycles. The molecule has 4 rings (SSSR count). The van der Waals surface area contributed by atoms with Gasteiger partial charge in [0.05, 0.1) is 11.0 Å². The van der Waals surface area contributed by atoms with E-state index < -0.39 is 20.2 Å². The van der Waals surface area contributed by atoms with E-state index in [1.807, 2.05) is 17.0 Å². The van der Waals surface area contributed by atoms with Crippen molar-refractivity contribution in [3.05, 3.63) is 42.6 Å². The predicted molar refractivity (Wildman–Crippen MR) is 143 cm³/mol. The first-order chi connectivity index (χ1) is 18.6. The first-order valence-corrected chi connectivity index (χ1v) is 14.9. The summed E-state index contributed by atoms with van der Waals surface area (Å²) in [4.78, 5) is 20.1. The van der Waals surface area contributed by atoms with E-state index in [1.54, 1.807) is 6.20 Å². The molecule has 2 heterocycles. The van der Waals surface area contributed by atoms with E-state index in [0.29, 0.717) is 25.2 Å². The highest BCUT2D eigenvalue weighted by Crippen LogP contribution is 2.32. The lowest BCUT2D eigenvalue weighted by Gasteiger charge is -2.35. The van der Waals surface area contributed by atoms with Crippen LogP contribution in [0.1, 0.15) is 51.9 Å². The summed E-state index contributed by atoms with van der Waals surface area (Å²) < 4.78 is 67.6. The van der Waals surface area contributed by atoms with E-state index in [4.69, 9.17) is 4.74 Å². The number of hydrogen-bond acceptors (Lipinski definition) is 7. The van der Waals surface area contributed by atoms with Crippen LogP contribution in [0.2, 0.25) is 0 Å². The fourth-order valence-corrected chi connectivity index (χ4v) is 5.70. The van der Waals surface area contributed by atoms with Crippen LogP contribution in [0.25, 0.3) is 0 Å². The Hall–Kier alpha value is -3.02. The van der Waals surface area contributed by atoms with Gasteiger partial charge in [0.15, 0.2) is 0 Å². The molecule has 2 aliphatic rings. The zero-order valence-electron chi connectivity index (χ0n) is 22.0. The van der Waals surface area contributed by atoms with Crippen molar-refractivity contribution >= 4 is 27.2 Å². The van der Waals surface area contributed by atoms with Crippen molar-refractivity contribution < 1.29 is 31.1 Å². The van der Waals surface area contributed by atoms with Crippen LogP contribution < -0.4 is 15.0 Å². The van der Waals surface area contributed by atoms with Gasteiger partial charge in [-0.2, -0.15) is 13.2 Å². The van der Waals surface area contributed by atoms with Crippen molar-refractivity contribution in [2.45, 2.75) is 74.4 Å². The summed E-state index contributed by atoms with van der Waals surface area (Å²) in [5.41, 5.74) is -4.74. The Morgan fingerprint density at radius 1 is 1.05 bits per heavy atom. The maximum atomic E-state index is 12.7. The molecule has 8 nitrogen and oxygen atoms in total. The van der Waals surface area contributed by atoms with E-state index in [1.165, 1.54) is 12.1 Å². The third-order valence-corrected chi connectivity index (χ3v) is 8.74. The van der Waals surface area contributed by atoms with Gasteiger partial charge in [0.1, 0.15) is 11.6 Å². The van der Waals surface area contributed by atoms with Crippen molar-refractivity contribution in [2.24, 2.45) is 0 Å². The van der Waals surface area contributed by atoms with Gasteiger partial charge in [0.2, 0.25) is 5.91 Å². The first-order valence-electron chi connectivity index (χ1n) is 13.4. The number of hydrogen-bond donors (Lipinski definition) is 1. The third kappa shape index (κ3) is 7.34. The number of sulfone groups is 1. The van der Waals surface area contributed by atoms with Gasteiger partial charge in [-0.15, -0.1) is 0 Å². The second-order valence-electron chi connectivity index (χ2n) is 10.0. The number of piperazine rings is 1. The SMILES string of the molecule is CCCCC(=O)N1CCN(c2cc(OC3CCC(Nc4ccc(S(=O)(=O)C(F)(F)F)cc4)CC3)ccn2)CC1. The fourth-order valence-electron chi connectivity index (χ4n) is 4.93. The number of anilines is 2. The number of halogens is 3. The van der Waals surface area contributed by atoms with Gasteiger partial charge in [-0.25, -0.2) is 13.4 Å². The molecule has 39 heavy (non-hydrogen) atoms. The molecule has 12 heteroatoms. The minimum absolute atomic E-state index is 0.0330. The summed E-state index contributed by atoms with van der Waals surface area (Å²) in [6, 6.07) is 8.57. The Morgan fingerprint density at radius 3 is 2.33 bits per heavy atom. The van der Waals surface area contributed by atoms with Gasteiger partial charge >= 0.3 is 5.51 Å².